The van der Waals surface area contributed by atoms with E-state index < -0.39 is 0 Å². The Kier molecular flexibility index (Phi) is 0.813. The van der Waals surface area contributed by atoms with E-state index in [4.69, 9.17) is 7.85 Å². The largest absolute Gasteiger partial charge is 0.0750 e. The van der Waals surface area contributed by atoms with Crippen LogP contribution in [-0.2, 0) is 0 Å². The quantitative estimate of drug-likeness (QED) is 0.591. The Labute approximate surface area is 87.2 Å². The topological polar surface area (TPSA) is 0 Å². The van der Waals surface area contributed by atoms with Gasteiger partial charge in [0.1, 0.15) is 0 Å². The van der Waals surface area contributed by atoms with Crippen molar-refractivity contribution in [1.29, 1.82) is 0 Å². The van der Waals surface area contributed by atoms with Crippen molar-refractivity contribution in [2.45, 2.75) is 32.0 Å². The minimum Gasteiger partial charge on any atom is -0.0671 e. The molecule has 14 heavy (non-hydrogen) atoms. The average Bonchev–Trinajstić information content (AvgIpc) is 2.18. The Morgan fingerprint density at radius 1 is 1.07 bits per heavy atom. The van der Waals surface area contributed by atoms with Crippen LogP contribution in [0.2, 0.25) is 5.31 Å². The Hall–Kier alpha value is 0.0649. The lowest BCUT2D eigenvalue weighted by Crippen LogP contribution is -3.06. The van der Waals surface area contributed by atoms with E-state index in [0.717, 1.165) is 17.8 Å². The van der Waals surface area contributed by atoms with Crippen LogP contribution in [0.3, 0.4) is 0 Å². The summed E-state index contributed by atoms with van der Waals surface area (Å²) >= 11 is 0. The molecule has 0 aromatic carbocycles. The van der Waals surface area contributed by atoms with Crippen molar-refractivity contribution in [3.63, 3.8) is 0 Å². The summed E-state index contributed by atoms with van der Waals surface area (Å²) in [4.78, 5) is 0. The molecule has 0 aliphatic heterocycles. The van der Waals surface area contributed by atoms with E-state index in [1.165, 1.54) is 36.5 Å². The zero-order valence-electron chi connectivity index (χ0n) is 9.03. The highest BCUT2D eigenvalue weighted by atomic mass is 15.1. The van der Waals surface area contributed by atoms with Gasteiger partial charge >= 0.3 is 0 Å². The van der Waals surface area contributed by atoms with Crippen molar-refractivity contribution >= 4 is 7.85 Å². The van der Waals surface area contributed by atoms with Crippen molar-refractivity contribution in [2.75, 3.05) is 0 Å². The van der Waals surface area contributed by atoms with Crippen LogP contribution in [0.25, 0.3) is 0 Å². The van der Waals surface area contributed by atoms with Crippen molar-refractivity contribution in [2.24, 2.45) is 46.8 Å². The number of rotatable bonds is 3. The van der Waals surface area contributed by atoms with Gasteiger partial charge in [-0.05, 0) is 46.8 Å². The first kappa shape index (κ1) is 7.36. The summed E-state index contributed by atoms with van der Waals surface area (Å²) in [7, 11) is 6.62. The van der Waals surface area contributed by atoms with Crippen LogP contribution in [0.5, 0.6) is 0 Å². The van der Waals surface area contributed by atoms with Crippen molar-refractivity contribution < 1.29 is 0 Å². The normalized spacial score (nSPS) is 76.9. The molecule has 0 nitrogen and oxygen atoms in total. The van der Waals surface area contributed by atoms with Crippen LogP contribution in [0.15, 0.2) is 0 Å². The monoisotopic (exact) mass is 184 g/mol. The minimum atomic E-state index is 0.191. The molecule has 0 amide bonds. The van der Waals surface area contributed by atoms with E-state index >= 15 is 0 Å². The SMILES string of the molecule is [B]C(C)(CCC)C12C3C4C5C3C1C5C42. The minimum absolute atomic E-state index is 0.191. The highest BCUT2D eigenvalue weighted by Gasteiger charge is 3.05. The molecular formula is C13H17B. The van der Waals surface area contributed by atoms with Gasteiger partial charge in [-0.1, -0.05) is 32.0 Å². The van der Waals surface area contributed by atoms with Gasteiger partial charge in [-0.25, -0.2) is 0 Å². The van der Waals surface area contributed by atoms with E-state index in [2.05, 4.69) is 13.8 Å². The third kappa shape index (κ3) is 0.328. The number of hydrogen-bond donors (Lipinski definition) is 0. The molecule has 0 N–H and O–H groups in total. The summed E-state index contributed by atoms with van der Waals surface area (Å²) in [5.41, 5.74) is 0.692. The Balaban J connectivity index is 1.57. The van der Waals surface area contributed by atoms with Gasteiger partial charge in [0, 0.05) is 0 Å². The molecule has 0 spiro atoms. The Morgan fingerprint density at radius 3 is 2.00 bits per heavy atom. The summed E-state index contributed by atoms with van der Waals surface area (Å²) < 4.78 is 0. The molecule has 1 atom stereocenters. The molecule has 72 valence electrons. The van der Waals surface area contributed by atoms with Gasteiger partial charge in [0.25, 0.3) is 0 Å². The molecular weight excluding hydrogens is 167 g/mol. The van der Waals surface area contributed by atoms with Gasteiger partial charge in [-0.15, -0.1) is 0 Å². The first-order valence-corrected chi connectivity index (χ1v) is 6.47. The van der Waals surface area contributed by atoms with Gasteiger partial charge in [0.05, 0.1) is 7.85 Å². The second-order valence-corrected chi connectivity index (χ2v) is 6.99. The van der Waals surface area contributed by atoms with Gasteiger partial charge < -0.3 is 0 Å². The lowest BCUT2D eigenvalue weighted by atomic mass is 8.93. The van der Waals surface area contributed by atoms with Crippen LogP contribution in [0.1, 0.15) is 26.7 Å². The molecule has 6 aliphatic carbocycles. The molecule has 0 bridgehead atoms. The molecule has 0 heterocycles. The molecule has 1 heteroatoms. The first-order valence-electron chi connectivity index (χ1n) is 6.47. The lowest BCUT2D eigenvalue weighted by molar-refractivity contribution is -0.622. The fourth-order valence-electron chi connectivity index (χ4n) is 7.31. The smallest absolute Gasteiger partial charge is 0.0671 e. The van der Waals surface area contributed by atoms with Crippen molar-refractivity contribution in [3.8, 4) is 0 Å². The van der Waals surface area contributed by atoms with E-state index in [-0.39, 0.29) is 5.31 Å². The molecule has 2 radical (unpaired) electrons. The van der Waals surface area contributed by atoms with Crippen LogP contribution in [-0.4, -0.2) is 7.85 Å². The third-order valence-electron chi connectivity index (χ3n) is 7.23. The van der Waals surface area contributed by atoms with Gasteiger partial charge in [0.15, 0.2) is 0 Å². The molecule has 1 unspecified atom stereocenters. The van der Waals surface area contributed by atoms with E-state index in [0.29, 0.717) is 5.41 Å². The van der Waals surface area contributed by atoms with Crippen molar-refractivity contribution in [1.82, 2.24) is 0 Å². The maximum absolute atomic E-state index is 6.62. The Bertz CT molecular complexity index is 305. The van der Waals surface area contributed by atoms with Crippen LogP contribution in [0.4, 0.5) is 0 Å². The molecule has 0 aromatic heterocycles. The van der Waals surface area contributed by atoms with Crippen LogP contribution >= 0.6 is 0 Å². The zero-order valence-corrected chi connectivity index (χ0v) is 9.03. The molecule has 6 fully saturated rings. The summed E-state index contributed by atoms with van der Waals surface area (Å²) in [6.45, 7) is 4.64. The maximum Gasteiger partial charge on any atom is 0.0750 e. The van der Waals surface area contributed by atoms with E-state index in [1.54, 1.807) is 0 Å². The molecule has 6 aliphatic rings. The molecule has 0 saturated heterocycles. The average molecular weight is 184 g/mol. The first-order chi connectivity index (χ1) is 6.68. The predicted octanol–water partition coefficient (Wildman–Crippen LogP) is 2.50. The fraction of sp³-hybridized carbons (Fsp3) is 1.00. The molecule has 6 rings (SSSR count). The summed E-state index contributed by atoms with van der Waals surface area (Å²) in [6, 6.07) is 0. The molecule has 6 saturated carbocycles. The predicted molar refractivity (Wildman–Crippen MR) is 55.9 cm³/mol. The van der Waals surface area contributed by atoms with Gasteiger partial charge in [0.2, 0.25) is 0 Å². The summed E-state index contributed by atoms with van der Waals surface area (Å²) in [5.74, 6) is 8.16. The van der Waals surface area contributed by atoms with Crippen molar-refractivity contribution in [3.05, 3.63) is 0 Å². The maximum atomic E-state index is 6.62. The molecule has 0 aromatic rings. The zero-order chi connectivity index (χ0) is 9.46. The van der Waals surface area contributed by atoms with Gasteiger partial charge in [-0.2, -0.15) is 0 Å². The van der Waals surface area contributed by atoms with Crippen LogP contribution in [0, 0.1) is 46.8 Å². The van der Waals surface area contributed by atoms with E-state index in [1.807, 2.05) is 0 Å². The standard InChI is InChI=1S/C13H17B/c1-3-4-12(2,14)13-9-6-5-7(9)11(13)8(5)10(6)13/h5-11H,3-4H2,1-2H3. The van der Waals surface area contributed by atoms with E-state index in [9.17, 15) is 0 Å². The second kappa shape index (κ2) is 1.55. The summed E-state index contributed by atoms with van der Waals surface area (Å²) in [6.07, 6.45) is 2.53. The highest BCUT2D eigenvalue weighted by molar-refractivity contribution is 6.16. The third-order valence-corrected chi connectivity index (χ3v) is 7.23. The van der Waals surface area contributed by atoms with Crippen LogP contribution < -0.4 is 0 Å². The second-order valence-electron chi connectivity index (χ2n) is 6.99. The lowest BCUT2D eigenvalue weighted by Gasteiger charge is -3.10. The number of hydrogen-bond acceptors (Lipinski definition) is 0. The fourth-order valence-corrected chi connectivity index (χ4v) is 7.31. The summed E-state index contributed by atoms with van der Waals surface area (Å²) in [5, 5.41) is 0.191. The Morgan fingerprint density at radius 2 is 1.57 bits per heavy atom. The highest BCUT2D eigenvalue weighted by Crippen LogP contribution is 3.09. The van der Waals surface area contributed by atoms with Gasteiger partial charge in [-0.3, -0.25) is 0 Å².